The highest BCUT2D eigenvalue weighted by Crippen LogP contribution is 2.28. The lowest BCUT2D eigenvalue weighted by Gasteiger charge is -2.10. The van der Waals surface area contributed by atoms with E-state index in [4.69, 9.17) is 23.2 Å². The van der Waals surface area contributed by atoms with Crippen LogP contribution in [-0.4, -0.2) is 20.7 Å². The highest BCUT2D eigenvalue weighted by Gasteiger charge is 2.20. The number of halogens is 3. The molecule has 2 rings (SSSR count). The molecule has 0 bridgehead atoms. The monoisotopic (exact) mass is 393 g/mol. The Bertz CT molecular complexity index is 765. The zero-order valence-electron chi connectivity index (χ0n) is 11.9. The van der Waals surface area contributed by atoms with Crippen LogP contribution < -0.4 is 4.72 Å². The molecule has 3 nitrogen and oxygen atoms in total. The van der Waals surface area contributed by atoms with Gasteiger partial charge in [0, 0.05) is 18.1 Å². The molecular formula is C15H14Cl2FNO2S2. The molecule has 0 heterocycles. The van der Waals surface area contributed by atoms with Crippen molar-refractivity contribution in [3.05, 3.63) is 63.9 Å². The first kappa shape index (κ1) is 18.5. The summed E-state index contributed by atoms with van der Waals surface area (Å²) in [5.41, 5.74) is 0.592. The van der Waals surface area contributed by atoms with Crippen LogP contribution in [-0.2, 0) is 15.8 Å². The molecule has 0 spiro atoms. The maximum atomic E-state index is 13.4. The van der Waals surface area contributed by atoms with Crippen LogP contribution in [0.2, 0.25) is 10.0 Å². The van der Waals surface area contributed by atoms with Crippen molar-refractivity contribution in [1.82, 2.24) is 4.72 Å². The van der Waals surface area contributed by atoms with Gasteiger partial charge in [0.2, 0.25) is 10.0 Å². The summed E-state index contributed by atoms with van der Waals surface area (Å²) in [5.74, 6) is 0.708. The first-order valence-corrected chi connectivity index (χ1v) is 10.1. The molecule has 0 amide bonds. The highest BCUT2D eigenvalue weighted by atomic mass is 35.5. The molecule has 2 aromatic rings. The molecule has 23 heavy (non-hydrogen) atoms. The summed E-state index contributed by atoms with van der Waals surface area (Å²) in [4.78, 5) is -0.123. The van der Waals surface area contributed by atoms with E-state index >= 15 is 0 Å². The van der Waals surface area contributed by atoms with E-state index in [1.807, 2.05) is 0 Å². The summed E-state index contributed by atoms with van der Waals surface area (Å²) >= 11 is 13.2. The summed E-state index contributed by atoms with van der Waals surface area (Å²) in [7, 11) is -3.78. The third-order valence-corrected chi connectivity index (χ3v) is 6.36. The summed E-state index contributed by atoms with van der Waals surface area (Å²) in [6.45, 7) is 0.197. The molecule has 0 aromatic heterocycles. The average molecular weight is 394 g/mol. The molecule has 0 saturated carbocycles. The van der Waals surface area contributed by atoms with Crippen molar-refractivity contribution in [3.63, 3.8) is 0 Å². The van der Waals surface area contributed by atoms with Gasteiger partial charge in [0.1, 0.15) is 10.7 Å². The molecule has 0 aliphatic heterocycles. The van der Waals surface area contributed by atoms with E-state index in [9.17, 15) is 12.8 Å². The Morgan fingerprint density at radius 2 is 1.70 bits per heavy atom. The lowest BCUT2D eigenvalue weighted by Crippen LogP contribution is -2.26. The fourth-order valence-electron chi connectivity index (χ4n) is 1.86. The zero-order chi connectivity index (χ0) is 16.9. The average Bonchev–Trinajstić information content (AvgIpc) is 2.48. The van der Waals surface area contributed by atoms with Gasteiger partial charge in [0.15, 0.2) is 0 Å². The van der Waals surface area contributed by atoms with Crippen molar-refractivity contribution in [1.29, 1.82) is 0 Å². The fourth-order valence-corrected chi connectivity index (χ4v) is 5.00. The lowest BCUT2D eigenvalue weighted by atomic mass is 10.2. The lowest BCUT2D eigenvalue weighted by molar-refractivity contribution is 0.584. The van der Waals surface area contributed by atoms with Crippen LogP contribution in [0, 0.1) is 5.82 Å². The SMILES string of the molecule is O=S(=O)(NCCSCc1ccccc1F)c1c(Cl)cccc1Cl. The fraction of sp³-hybridized carbons (Fsp3) is 0.200. The minimum atomic E-state index is -3.78. The molecule has 0 aliphatic rings. The minimum Gasteiger partial charge on any atom is -0.210 e. The van der Waals surface area contributed by atoms with E-state index in [2.05, 4.69) is 4.72 Å². The second kappa shape index (κ2) is 8.35. The van der Waals surface area contributed by atoms with Crippen molar-refractivity contribution in [3.8, 4) is 0 Å². The van der Waals surface area contributed by atoms with E-state index in [0.717, 1.165) is 0 Å². The Morgan fingerprint density at radius 1 is 1.04 bits per heavy atom. The van der Waals surface area contributed by atoms with Crippen LogP contribution >= 0.6 is 35.0 Å². The molecule has 0 atom stereocenters. The second-order valence-electron chi connectivity index (χ2n) is 4.59. The standard InChI is InChI=1S/C15H14Cl2FNO2S2/c16-12-5-3-6-13(17)15(12)23(20,21)19-8-9-22-10-11-4-1-2-7-14(11)18/h1-7,19H,8-10H2. The smallest absolute Gasteiger partial charge is 0.210 e. The molecular weight excluding hydrogens is 380 g/mol. The second-order valence-corrected chi connectivity index (χ2v) is 8.22. The summed E-state index contributed by atoms with van der Waals surface area (Å²) in [6, 6.07) is 11.0. The van der Waals surface area contributed by atoms with Gasteiger partial charge in [-0.1, -0.05) is 47.5 Å². The molecule has 0 unspecified atom stereocenters. The van der Waals surface area contributed by atoms with Gasteiger partial charge in [-0.3, -0.25) is 0 Å². The normalized spacial score (nSPS) is 11.6. The van der Waals surface area contributed by atoms with E-state index in [1.54, 1.807) is 24.3 Å². The van der Waals surface area contributed by atoms with Crippen LogP contribution in [0.1, 0.15) is 5.56 Å². The van der Waals surface area contributed by atoms with Crippen molar-refractivity contribution < 1.29 is 12.8 Å². The number of hydrogen-bond donors (Lipinski definition) is 1. The Labute approximate surface area is 149 Å². The van der Waals surface area contributed by atoms with Gasteiger partial charge in [-0.05, 0) is 23.8 Å². The van der Waals surface area contributed by atoms with Crippen LogP contribution in [0.3, 0.4) is 0 Å². The molecule has 0 radical (unpaired) electrons. The molecule has 2 aromatic carbocycles. The molecule has 0 saturated heterocycles. The summed E-state index contributed by atoms with van der Waals surface area (Å²) < 4.78 is 40.3. The number of sulfonamides is 1. The van der Waals surface area contributed by atoms with Crippen LogP contribution in [0.15, 0.2) is 47.4 Å². The zero-order valence-corrected chi connectivity index (χ0v) is 15.1. The van der Waals surface area contributed by atoms with Gasteiger partial charge >= 0.3 is 0 Å². The predicted octanol–water partition coefficient (Wildman–Crippen LogP) is 4.34. The van der Waals surface area contributed by atoms with Crippen LogP contribution in [0.5, 0.6) is 0 Å². The maximum absolute atomic E-state index is 13.4. The van der Waals surface area contributed by atoms with Gasteiger partial charge in [0.05, 0.1) is 10.0 Å². The van der Waals surface area contributed by atoms with Crippen LogP contribution in [0.4, 0.5) is 4.39 Å². The number of rotatable bonds is 7. The largest absolute Gasteiger partial charge is 0.243 e. The Hall–Kier alpha value is -0.790. The Morgan fingerprint density at radius 3 is 2.35 bits per heavy atom. The van der Waals surface area contributed by atoms with E-state index in [1.165, 1.54) is 30.0 Å². The van der Waals surface area contributed by atoms with Crippen molar-refractivity contribution in [2.45, 2.75) is 10.6 Å². The summed E-state index contributed by atoms with van der Waals surface area (Å²) in [6.07, 6.45) is 0. The quantitative estimate of drug-likeness (QED) is 0.711. The van der Waals surface area contributed by atoms with Gasteiger partial charge in [-0.15, -0.1) is 0 Å². The van der Waals surface area contributed by atoms with Crippen LogP contribution in [0.25, 0.3) is 0 Å². The first-order chi connectivity index (χ1) is 10.9. The van der Waals surface area contributed by atoms with Crippen molar-refractivity contribution in [2.24, 2.45) is 0 Å². The number of hydrogen-bond acceptors (Lipinski definition) is 3. The van der Waals surface area contributed by atoms with E-state index in [0.29, 0.717) is 17.1 Å². The van der Waals surface area contributed by atoms with E-state index < -0.39 is 10.0 Å². The Kier molecular flexibility index (Phi) is 6.73. The van der Waals surface area contributed by atoms with Gasteiger partial charge in [-0.25, -0.2) is 17.5 Å². The van der Waals surface area contributed by atoms with Crippen molar-refractivity contribution in [2.75, 3.05) is 12.3 Å². The summed E-state index contributed by atoms with van der Waals surface area (Å²) in [5, 5.41) is 0.146. The molecule has 0 fully saturated rings. The maximum Gasteiger partial charge on any atom is 0.243 e. The number of nitrogens with one attached hydrogen (secondary N) is 1. The highest BCUT2D eigenvalue weighted by molar-refractivity contribution is 7.98. The molecule has 1 N–H and O–H groups in total. The molecule has 124 valence electrons. The van der Waals surface area contributed by atoms with Gasteiger partial charge in [-0.2, -0.15) is 11.8 Å². The number of benzene rings is 2. The predicted molar refractivity (Wildman–Crippen MR) is 94.2 cm³/mol. The molecule has 0 aliphatic carbocycles. The topological polar surface area (TPSA) is 46.2 Å². The molecule has 8 heteroatoms. The third kappa shape index (κ3) is 5.09. The minimum absolute atomic E-state index is 0.0732. The van der Waals surface area contributed by atoms with Gasteiger partial charge < -0.3 is 0 Å². The third-order valence-electron chi connectivity index (χ3n) is 2.94. The number of thioether (sulfide) groups is 1. The van der Waals surface area contributed by atoms with Gasteiger partial charge in [0.25, 0.3) is 0 Å². The van der Waals surface area contributed by atoms with Crippen molar-refractivity contribution >= 4 is 45.0 Å². The van der Waals surface area contributed by atoms with E-state index in [-0.39, 0.29) is 27.3 Å². The Balaban J connectivity index is 1.87. The first-order valence-electron chi connectivity index (χ1n) is 6.66.